The molecule has 0 aliphatic heterocycles. The summed E-state index contributed by atoms with van der Waals surface area (Å²) in [5.74, 6) is 1.19. The van der Waals surface area contributed by atoms with Crippen molar-refractivity contribution in [1.29, 1.82) is 0 Å². The molecule has 1 aliphatic rings. The van der Waals surface area contributed by atoms with Crippen LogP contribution in [0.15, 0.2) is 30.6 Å². The number of nitrogens with zero attached hydrogens (tertiary/aromatic N) is 6. The number of hydrogen-bond donors (Lipinski definition) is 1. The smallest absolute Gasteiger partial charge is 0.240 e. The van der Waals surface area contributed by atoms with Crippen molar-refractivity contribution < 1.29 is 22.6 Å². The summed E-state index contributed by atoms with van der Waals surface area (Å²) in [5.41, 5.74) is 0.870. The molecule has 1 saturated carbocycles. The summed E-state index contributed by atoms with van der Waals surface area (Å²) in [7, 11) is -0.900. The van der Waals surface area contributed by atoms with Crippen LogP contribution in [0.1, 0.15) is 51.1 Å². The predicted molar refractivity (Wildman–Crippen MR) is 137 cm³/mol. The van der Waals surface area contributed by atoms with E-state index < -0.39 is 26.9 Å². The molecule has 3 aromatic heterocycles. The monoisotopic (exact) mass is 531 g/mol. The van der Waals surface area contributed by atoms with Crippen molar-refractivity contribution in [1.82, 2.24) is 29.7 Å². The molecule has 37 heavy (non-hydrogen) atoms. The van der Waals surface area contributed by atoms with E-state index in [1.54, 1.807) is 49.2 Å². The van der Waals surface area contributed by atoms with Gasteiger partial charge in [-0.3, -0.25) is 9.29 Å². The molecule has 0 aromatic carbocycles. The lowest BCUT2D eigenvalue weighted by atomic mass is 10.2. The zero-order chi connectivity index (χ0) is 26.8. The second kappa shape index (κ2) is 10.7. The summed E-state index contributed by atoms with van der Waals surface area (Å²) >= 11 is 0. The molecule has 12 nitrogen and oxygen atoms in total. The molecule has 0 saturated heterocycles. The molecule has 2 unspecified atom stereocenters. The van der Waals surface area contributed by atoms with Crippen LogP contribution in [0.3, 0.4) is 0 Å². The molecule has 0 radical (unpaired) electrons. The van der Waals surface area contributed by atoms with Gasteiger partial charge in [0.25, 0.3) is 0 Å². The highest BCUT2D eigenvalue weighted by atomic mass is 32.2. The standard InChI is InChI=1S/C24H33N7O5S/c1-15(2)36-20(21-25-12-16(3)13-26-21)17(4)37(32,33)30-23-29-28-22(18-8-7-9-19(27-18)35-6)31(23)24(10-11-24)14-34-5/h7-9,12-13,15,17,20H,10-11,14H2,1-6H3,(H,29,30). The van der Waals surface area contributed by atoms with Crippen LogP contribution in [0.25, 0.3) is 11.5 Å². The highest BCUT2D eigenvalue weighted by molar-refractivity contribution is 7.93. The number of ether oxygens (including phenoxy) is 3. The third kappa shape index (κ3) is 5.73. The topological polar surface area (TPSA) is 143 Å². The predicted octanol–water partition coefficient (Wildman–Crippen LogP) is 2.88. The number of anilines is 1. The van der Waals surface area contributed by atoms with Crippen LogP contribution in [0.4, 0.5) is 5.95 Å². The summed E-state index contributed by atoms with van der Waals surface area (Å²) < 4.78 is 48.5. The first-order valence-corrected chi connectivity index (χ1v) is 13.6. The Morgan fingerprint density at radius 2 is 1.81 bits per heavy atom. The van der Waals surface area contributed by atoms with Gasteiger partial charge in [-0.2, -0.15) is 0 Å². The van der Waals surface area contributed by atoms with Crippen LogP contribution in [0.2, 0.25) is 0 Å². The molecule has 200 valence electrons. The number of sulfonamides is 1. The van der Waals surface area contributed by atoms with E-state index in [4.69, 9.17) is 14.2 Å². The van der Waals surface area contributed by atoms with Gasteiger partial charge in [-0.15, -0.1) is 10.2 Å². The fourth-order valence-electron chi connectivity index (χ4n) is 4.07. The molecule has 1 fully saturated rings. The van der Waals surface area contributed by atoms with Crippen LogP contribution in [0, 0.1) is 6.92 Å². The Bertz CT molecular complexity index is 1320. The molecule has 1 N–H and O–H groups in total. The average Bonchev–Trinajstić information content (AvgIpc) is 3.52. The Balaban J connectivity index is 1.72. The minimum Gasteiger partial charge on any atom is -0.481 e. The number of hydrogen-bond acceptors (Lipinski definition) is 10. The van der Waals surface area contributed by atoms with Crippen molar-refractivity contribution >= 4 is 16.0 Å². The molecule has 0 bridgehead atoms. The van der Waals surface area contributed by atoms with Crippen molar-refractivity contribution in [3.05, 3.63) is 42.0 Å². The second-order valence-corrected chi connectivity index (χ2v) is 11.5. The maximum Gasteiger partial charge on any atom is 0.240 e. The zero-order valence-electron chi connectivity index (χ0n) is 21.9. The van der Waals surface area contributed by atoms with Crippen molar-refractivity contribution in [3.63, 3.8) is 0 Å². The lowest BCUT2D eigenvalue weighted by molar-refractivity contribution is 0.00152. The number of rotatable bonds is 12. The van der Waals surface area contributed by atoms with Crippen LogP contribution in [-0.2, 0) is 25.0 Å². The number of methoxy groups -OCH3 is 2. The van der Waals surface area contributed by atoms with Crippen molar-refractivity contribution in [2.24, 2.45) is 0 Å². The molecular formula is C24H33N7O5S. The van der Waals surface area contributed by atoms with Crippen LogP contribution in [0.5, 0.6) is 5.88 Å². The van der Waals surface area contributed by atoms with Gasteiger partial charge in [-0.25, -0.2) is 23.4 Å². The molecule has 13 heteroatoms. The van der Waals surface area contributed by atoms with Crippen molar-refractivity contribution in [2.75, 3.05) is 25.5 Å². The number of aromatic nitrogens is 6. The van der Waals surface area contributed by atoms with E-state index in [0.29, 0.717) is 24.0 Å². The summed E-state index contributed by atoms with van der Waals surface area (Å²) in [6.45, 7) is 7.45. The Morgan fingerprint density at radius 1 is 1.11 bits per heavy atom. The first-order chi connectivity index (χ1) is 17.6. The minimum absolute atomic E-state index is 0.0779. The lowest BCUT2D eigenvalue weighted by Crippen LogP contribution is -2.36. The quantitative estimate of drug-likeness (QED) is 0.370. The largest absolute Gasteiger partial charge is 0.481 e. The maximum absolute atomic E-state index is 13.7. The number of nitrogens with one attached hydrogen (secondary N) is 1. The normalized spacial score (nSPS) is 16.4. The van der Waals surface area contributed by atoms with E-state index in [1.165, 1.54) is 7.11 Å². The summed E-state index contributed by atoms with van der Waals surface area (Å²) in [5, 5.41) is 7.49. The van der Waals surface area contributed by atoms with Gasteiger partial charge in [0, 0.05) is 25.6 Å². The number of aryl methyl sites for hydroxylation is 1. The summed E-state index contributed by atoms with van der Waals surface area (Å²) in [4.78, 5) is 13.1. The van der Waals surface area contributed by atoms with Crippen molar-refractivity contribution in [3.8, 4) is 17.4 Å². The molecule has 3 heterocycles. The first-order valence-electron chi connectivity index (χ1n) is 12.0. The fourth-order valence-corrected chi connectivity index (χ4v) is 5.15. The highest BCUT2D eigenvalue weighted by Crippen LogP contribution is 2.47. The Hall–Kier alpha value is -3.16. The molecule has 4 rings (SSSR count). The molecule has 0 spiro atoms. The highest BCUT2D eigenvalue weighted by Gasteiger charge is 2.49. The van der Waals surface area contributed by atoms with Gasteiger partial charge >= 0.3 is 0 Å². The van der Waals surface area contributed by atoms with Gasteiger partial charge < -0.3 is 14.2 Å². The molecular weight excluding hydrogens is 498 g/mol. The summed E-state index contributed by atoms with van der Waals surface area (Å²) in [6, 6.07) is 5.28. The molecule has 1 aliphatic carbocycles. The van der Waals surface area contributed by atoms with Crippen LogP contribution >= 0.6 is 0 Å². The van der Waals surface area contributed by atoms with Gasteiger partial charge in [0.05, 0.1) is 25.4 Å². The zero-order valence-corrected chi connectivity index (χ0v) is 22.7. The Kier molecular flexibility index (Phi) is 7.76. The minimum atomic E-state index is -4.03. The van der Waals surface area contributed by atoms with E-state index in [1.807, 2.05) is 20.8 Å². The van der Waals surface area contributed by atoms with E-state index in [2.05, 4.69) is 29.9 Å². The second-order valence-electron chi connectivity index (χ2n) is 9.48. The molecule has 3 aromatic rings. The fraction of sp³-hybridized carbons (Fsp3) is 0.542. The molecule has 0 amide bonds. The van der Waals surface area contributed by atoms with E-state index in [9.17, 15) is 8.42 Å². The third-order valence-corrected chi connectivity index (χ3v) is 7.86. The van der Waals surface area contributed by atoms with Crippen LogP contribution < -0.4 is 9.46 Å². The van der Waals surface area contributed by atoms with Crippen LogP contribution in [-0.4, -0.2) is 70.3 Å². The maximum atomic E-state index is 13.7. The van der Waals surface area contributed by atoms with Gasteiger partial charge in [0.1, 0.15) is 17.0 Å². The van der Waals surface area contributed by atoms with Gasteiger partial charge in [-0.1, -0.05) is 6.07 Å². The van der Waals surface area contributed by atoms with E-state index in [-0.39, 0.29) is 17.9 Å². The lowest BCUT2D eigenvalue weighted by Gasteiger charge is -2.26. The van der Waals surface area contributed by atoms with Crippen molar-refractivity contribution in [2.45, 2.75) is 63.5 Å². The number of pyridine rings is 1. The van der Waals surface area contributed by atoms with Gasteiger partial charge in [0.2, 0.25) is 21.9 Å². The van der Waals surface area contributed by atoms with E-state index in [0.717, 1.165) is 18.4 Å². The SMILES string of the molecule is COCC1(n2c(NS(=O)(=O)C(C)C(OC(C)C)c3ncc(C)cn3)nnc2-c2cccc(OC)n2)CC1. The Morgan fingerprint density at radius 3 is 2.41 bits per heavy atom. The first kappa shape index (κ1) is 26.9. The average molecular weight is 532 g/mol. The van der Waals surface area contributed by atoms with Gasteiger partial charge in [-0.05, 0) is 52.2 Å². The third-order valence-electron chi connectivity index (χ3n) is 6.16. The summed E-state index contributed by atoms with van der Waals surface area (Å²) in [6.07, 6.45) is 3.67. The Labute approximate surface area is 216 Å². The van der Waals surface area contributed by atoms with E-state index >= 15 is 0 Å². The van der Waals surface area contributed by atoms with Gasteiger partial charge in [0.15, 0.2) is 11.6 Å². The molecule has 2 atom stereocenters.